The van der Waals surface area contributed by atoms with Gasteiger partial charge in [0.25, 0.3) is 0 Å². The highest BCUT2D eigenvalue weighted by atomic mass is 14.9. The van der Waals surface area contributed by atoms with Gasteiger partial charge in [-0.15, -0.1) is 0 Å². The zero-order valence-corrected chi connectivity index (χ0v) is 7.17. The van der Waals surface area contributed by atoms with Gasteiger partial charge in [-0.05, 0) is 25.3 Å². The minimum atomic E-state index is 1.02. The summed E-state index contributed by atoms with van der Waals surface area (Å²) < 4.78 is 0. The first kappa shape index (κ1) is 7.35. The molecule has 0 atom stereocenters. The Balaban J connectivity index is 2.31. The minimum Gasteiger partial charge on any atom is -0.345 e. The van der Waals surface area contributed by atoms with Crippen LogP contribution in [0, 0.1) is 0 Å². The summed E-state index contributed by atoms with van der Waals surface area (Å²) in [4.78, 5) is 7.34. The van der Waals surface area contributed by atoms with Crippen LogP contribution in [-0.4, -0.2) is 9.97 Å². The molecular formula is C10H12N2. The molecule has 1 heterocycles. The molecular weight excluding hydrogens is 148 g/mol. The summed E-state index contributed by atoms with van der Waals surface area (Å²) in [6.45, 7) is 2.13. The van der Waals surface area contributed by atoms with Crippen LogP contribution in [0.3, 0.4) is 0 Å². The van der Waals surface area contributed by atoms with Crippen LogP contribution in [0.2, 0.25) is 0 Å². The molecule has 62 valence electrons. The van der Waals surface area contributed by atoms with Gasteiger partial charge in [-0.2, -0.15) is 0 Å². The Labute approximate surface area is 72.0 Å². The van der Waals surface area contributed by atoms with Crippen LogP contribution in [-0.2, 0) is 0 Å². The normalized spacial score (nSPS) is 17.1. The molecule has 1 aromatic rings. The van der Waals surface area contributed by atoms with E-state index in [1.165, 1.54) is 11.1 Å². The topological polar surface area (TPSA) is 28.7 Å². The lowest BCUT2D eigenvalue weighted by atomic mass is 10.0. The van der Waals surface area contributed by atoms with Crippen LogP contribution >= 0.6 is 0 Å². The fourth-order valence-electron chi connectivity index (χ4n) is 1.49. The van der Waals surface area contributed by atoms with Gasteiger partial charge in [-0.1, -0.05) is 17.7 Å². The third-order valence-electron chi connectivity index (χ3n) is 2.08. The Morgan fingerprint density at radius 1 is 1.50 bits per heavy atom. The highest BCUT2D eigenvalue weighted by Crippen LogP contribution is 2.23. The molecule has 0 aliphatic heterocycles. The van der Waals surface area contributed by atoms with Crippen molar-refractivity contribution in [3.05, 3.63) is 35.9 Å². The molecule has 0 aromatic carbocycles. The minimum absolute atomic E-state index is 1.02. The van der Waals surface area contributed by atoms with E-state index in [-0.39, 0.29) is 0 Å². The Hall–Kier alpha value is -1.31. The number of allylic oxidation sites excluding steroid dienone is 4. The lowest BCUT2D eigenvalue weighted by Gasteiger charge is -2.08. The van der Waals surface area contributed by atoms with Crippen molar-refractivity contribution in [2.45, 2.75) is 19.8 Å². The number of nitrogens with zero attached hydrogens (tertiary/aromatic N) is 1. The van der Waals surface area contributed by atoms with Crippen molar-refractivity contribution in [3.8, 4) is 0 Å². The Morgan fingerprint density at radius 2 is 2.42 bits per heavy atom. The molecule has 2 heteroatoms. The number of aromatic amines is 1. The maximum atomic E-state index is 4.22. The van der Waals surface area contributed by atoms with Gasteiger partial charge in [0, 0.05) is 12.4 Å². The zero-order chi connectivity index (χ0) is 8.39. The molecule has 0 amide bonds. The van der Waals surface area contributed by atoms with Gasteiger partial charge in [-0.3, -0.25) is 0 Å². The first-order valence-electron chi connectivity index (χ1n) is 4.23. The van der Waals surface area contributed by atoms with E-state index in [0.29, 0.717) is 0 Å². The smallest absolute Gasteiger partial charge is 0.133 e. The van der Waals surface area contributed by atoms with E-state index in [1.807, 2.05) is 6.20 Å². The maximum absolute atomic E-state index is 4.22. The molecule has 0 bridgehead atoms. The van der Waals surface area contributed by atoms with Crippen LogP contribution in [0.1, 0.15) is 25.6 Å². The second-order valence-electron chi connectivity index (χ2n) is 3.09. The van der Waals surface area contributed by atoms with E-state index in [9.17, 15) is 0 Å². The summed E-state index contributed by atoms with van der Waals surface area (Å²) in [5.41, 5.74) is 2.66. The number of aromatic nitrogens is 2. The van der Waals surface area contributed by atoms with Crippen molar-refractivity contribution < 1.29 is 0 Å². The lowest BCUT2D eigenvalue weighted by Crippen LogP contribution is -1.92. The SMILES string of the molecule is CC1=CCCC(c2ncc[nH]2)=C1. The van der Waals surface area contributed by atoms with Gasteiger partial charge in [0.15, 0.2) is 0 Å². The van der Waals surface area contributed by atoms with Crippen molar-refractivity contribution in [2.24, 2.45) is 0 Å². The quantitative estimate of drug-likeness (QED) is 0.672. The maximum Gasteiger partial charge on any atom is 0.133 e. The molecule has 12 heavy (non-hydrogen) atoms. The number of H-pyrrole nitrogens is 1. The first-order chi connectivity index (χ1) is 5.86. The fourth-order valence-corrected chi connectivity index (χ4v) is 1.49. The fraction of sp³-hybridized carbons (Fsp3) is 0.300. The predicted octanol–water partition coefficient (Wildman–Crippen LogP) is 2.53. The van der Waals surface area contributed by atoms with Gasteiger partial charge in [-0.25, -0.2) is 4.98 Å². The molecule has 0 saturated carbocycles. The highest BCUT2D eigenvalue weighted by Gasteiger charge is 2.06. The van der Waals surface area contributed by atoms with Gasteiger partial charge in [0.1, 0.15) is 5.82 Å². The van der Waals surface area contributed by atoms with Crippen LogP contribution in [0.4, 0.5) is 0 Å². The van der Waals surface area contributed by atoms with E-state index in [1.54, 1.807) is 6.20 Å². The monoisotopic (exact) mass is 160 g/mol. The zero-order valence-electron chi connectivity index (χ0n) is 7.17. The predicted molar refractivity (Wildman–Crippen MR) is 49.6 cm³/mol. The molecule has 1 aliphatic rings. The summed E-state index contributed by atoms with van der Waals surface area (Å²) in [6, 6.07) is 0. The average Bonchev–Trinajstić information content (AvgIpc) is 2.56. The van der Waals surface area contributed by atoms with E-state index >= 15 is 0 Å². The second-order valence-corrected chi connectivity index (χ2v) is 3.09. The van der Waals surface area contributed by atoms with Gasteiger partial charge < -0.3 is 4.98 Å². The molecule has 0 radical (unpaired) electrons. The Kier molecular flexibility index (Phi) is 1.82. The van der Waals surface area contributed by atoms with Crippen molar-refractivity contribution in [1.29, 1.82) is 0 Å². The van der Waals surface area contributed by atoms with Crippen molar-refractivity contribution in [2.75, 3.05) is 0 Å². The average molecular weight is 160 g/mol. The van der Waals surface area contributed by atoms with Crippen LogP contribution < -0.4 is 0 Å². The summed E-state index contributed by atoms with van der Waals surface area (Å²) in [6.07, 6.45) is 10.4. The number of imidazole rings is 1. The number of hydrogen-bond donors (Lipinski definition) is 1. The van der Waals surface area contributed by atoms with Crippen LogP contribution in [0.5, 0.6) is 0 Å². The first-order valence-corrected chi connectivity index (χ1v) is 4.23. The summed E-state index contributed by atoms with van der Waals surface area (Å²) >= 11 is 0. The van der Waals surface area contributed by atoms with E-state index in [0.717, 1.165) is 18.7 Å². The molecule has 0 saturated heterocycles. The third-order valence-corrected chi connectivity index (χ3v) is 2.08. The lowest BCUT2D eigenvalue weighted by molar-refractivity contribution is 1.01. The van der Waals surface area contributed by atoms with Gasteiger partial charge >= 0.3 is 0 Å². The van der Waals surface area contributed by atoms with E-state index in [2.05, 4.69) is 29.0 Å². The van der Waals surface area contributed by atoms with Gasteiger partial charge in [0.2, 0.25) is 0 Å². The van der Waals surface area contributed by atoms with Gasteiger partial charge in [0.05, 0.1) is 0 Å². The van der Waals surface area contributed by atoms with Crippen molar-refractivity contribution in [3.63, 3.8) is 0 Å². The molecule has 0 spiro atoms. The van der Waals surface area contributed by atoms with E-state index in [4.69, 9.17) is 0 Å². The number of nitrogens with one attached hydrogen (secondary N) is 1. The standard InChI is InChI=1S/C10H12N2/c1-8-3-2-4-9(7-8)10-11-5-6-12-10/h3,5-7H,2,4H2,1H3,(H,11,12). The van der Waals surface area contributed by atoms with E-state index < -0.39 is 0 Å². The molecule has 1 aliphatic carbocycles. The van der Waals surface area contributed by atoms with Crippen molar-refractivity contribution in [1.82, 2.24) is 9.97 Å². The molecule has 0 unspecified atom stereocenters. The number of hydrogen-bond acceptors (Lipinski definition) is 1. The summed E-state index contributed by atoms with van der Waals surface area (Å²) in [5, 5.41) is 0. The van der Waals surface area contributed by atoms with Crippen LogP contribution in [0.15, 0.2) is 30.1 Å². The number of rotatable bonds is 1. The highest BCUT2D eigenvalue weighted by molar-refractivity contribution is 5.64. The van der Waals surface area contributed by atoms with Crippen LogP contribution in [0.25, 0.3) is 5.57 Å². The van der Waals surface area contributed by atoms with Crippen molar-refractivity contribution >= 4 is 5.57 Å². The second kappa shape index (κ2) is 2.97. The molecule has 2 rings (SSSR count). The third kappa shape index (κ3) is 1.33. The molecule has 1 aromatic heterocycles. The summed E-state index contributed by atoms with van der Waals surface area (Å²) in [5.74, 6) is 1.02. The molecule has 0 fully saturated rings. The Morgan fingerprint density at radius 3 is 3.08 bits per heavy atom. The molecule has 1 N–H and O–H groups in total. The summed E-state index contributed by atoms with van der Waals surface area (Å²) in [7, 11) is 0. The molecule has 2 nitrogen and oxygen atoms in total. The Bertz CT molecular complexity index is 318. The largest absolute Gasteiger partial charge is 0.345 e.